The lowest BCUT2D eigenvalue weighted by Gasteiger charge is -2.29. The lowest BCUT2D eigenvalue weighted by Crippen LogP contribution is -2.34. The van der Waals surface area contributed by atoms with E-state index < -0.39 is 16.5 Å². The molecule has 0 amide bonds. The van der Waals surface area contributed by atoms with Crippen LogP contribution in [0.2, 0.25) is 0 Å². The van der Waals surface area contributed by atoms with Crippen molar-refractivity contribution in [3.05, 3.63) is 52.1 Å². The van der Waals surface area contributed by atoms with Crippen molar-refractivity contribution in [2.75, 3.05) is 6.61 Å². The molecule has 2 aliphatic rings. The fourth-order valence-corrected chi connectivity index (χ4v) is 3.24. The van der Waals surface area contributed by atoms with Crippen molar-refractivity contribution in [3.8, 4) is 0 Å². The third-order valence-electron chi connectivity index (χ3n) is 4.74. The average Bonchev–Trinajstić information content (AvgIpc) is 3.30. The molecule has 138 valence electrons. The normalized spacial score (nSPS) is 27.0. The Hall–Kier alpha value is -2.74. The van der Waals surface area contributed by atoms with Crippen molar-refractivity contribution < 1.29 is 28.7 Å². The van der Waals surface area contributed by atoms with Gasteiger partial charge in [-0.3, -0.25) is 14.9 Å². The second-order valence-electron chi connectivity index (χ2n) is 6.48. The summed E-state index contributed by atoms with van der Waals surface area (Å²) < 4.78 is 16.3. The topological polar surface area (TPSA) is 108 Å². The van der Waals surface area contributed by atoms with Crippen molar-refractivity contribution in [3.63, 3.8) is 0 Å². The fraction of sp³-hybridized carbons (Fsp3) is 0.444. The molecule has 8 heteroatoms. The molecule has 1 saturated carbocycles. The van der Waals surface area contributed by atoms with Crippen molar-refractivity contribution in [2.24, 2.45) is 0 Å². The van der Waals surface area contributed by atoms with Crippen LogP contribution in [0.3, 0.4) is 0 Å². The molecule has 0 aromatic heterocycles. The highest BCUT2D eigenvalue weighted by Crippen LogP contribution is 2.51. The predicted octanol–water partition coefficient (Wildman–Crippen LogP) is 2.56. The number of hydrogen-bond donors (Lipinski definition) is 0. The van der Waals surface area contributed by atoms with E-state index >= 15 is 0 Å². The van der Waals surface area contributed by atoms with E-state index in [1.54, 1.807) is 0 Å². The average molecular weight is 361 g/mol. The third-order valence-corrected chi connectivity index (χ3v) is 4.74. The molecule has 1 aliphatic carbocycles. The summed E-state index contributed by atoms with van der Waals surface area (Å²) in [4.78, 5) is 33.4. The highest BCUT2D eigenvalue weighted by atomic mass is 16.6. The van der Waals surface area contributed by atoms with Crippen LogP contribution in [0.4, 0.5) is 5.69 Å². The summed E-state index contributed by atoms with van der Waals surface area (Å²) in [5.74, 6) is -0.914. The maximum absolute atomic E-state index is 12.3. The van der Waals surface area contributed by atoms with Gasteiger partial charge in [0.05, 0.1) is 10.5 Å². The molecule has 1 aromatic rings. The molecule has 1 spiro atoms. The molecule has 0 bridgehead atoms. The van der Waals surface area contributed by atoms with Gasteiger partial charge in [0, 0.05) is 25.5 Å². The minimum atomic E-state index is -0.603. The van der Waals surface area contributed by atoms with Crippen molar-refractivity contribution >= 4 is 17.6 Å². The van der Waals surface area contributed by atoms with Gasteiger partial charge in [-0.05, 0) is 30.5 Å². The van der Waals surface area contributed by atoms with Crippen LogP contribution >= 0.6 is 0 Å². The van der Waals surface area contributed by atoms with Gasteiger partial charge in [-0.15, -0.1) is 0 Å². The molecule has 0 N–H and O–H groups in total. The zero-order valence-corrected chi connectivity index (χ0v) is 14.3. The van der Waals surface area contributed by atoms with E-state index in [0.29, 0.717) is 19.3 Å². The van der Waals surface area contributed by atoms with E-state index in [1.165, 1.54) is 31.2 Å². The molecule has 1 saturated heterocycles. The Morgan fingerprint density at radius 2 is 2.08 bits per heavy atom. The van der Waals surface area contributed by atoms with Gasteiger partial charge in [0.25, 0.3) is 5.69 Å². The number of ether oxygens (including phenoxy) is 3. The Labute approximate surface area is 149 Å². The number of carbonyl (C=O) groups is 2. The number of esters is 2. The Balaban J connectivity index is 1.60. The minimum Gasteiger partial charge on any atom is -0.463 e. The van der Waals surface area contributed by atoms with Crippen LogP contribution in [0.5, 0.6) is 0 Å². The number of benzene rings is 1. The minimum absolute atomic E-state index is 0.0887. The molecule has 1 aliphatic heterocycles. The highest BCUT2D eigenvalue weighted by Gasteiger charge is 2.61. The number of epoxide rings is 1. The fourth-order valence-electron chi connectivity index (χ4n) is 3.24. The Morgan fingerprint density at radius 1 is 1.38 bits per heavy atom. The first kappa shape index (κ1) is 18.1. The van der Waals surface area contributed by atoms with E-state index in [4.69, 9.17) is 14.2 Å². The molecule has 3 atom stereocenters. The van der Waals surface area contributed by atoms with Crippen molar-refractivity contribution in [1.29, 1.82) is 0 Å². The third kappa shape index (κ3) is 3.60. The summed E-state index contributed by atoms with van der Waals surface area (Å²) in [6.45, 7) is 5.52. The predicted molar refractivity (Wildman–Crippen MR) is 89.5 cm³/mol. The summed E-state index contributed by atoms with van der Waals surface area (Å²) in [7, 11) is 0. The maximum atomic E-state index is 12.3. The van der Waals surface area contributed by atoms with Crippen LogP contribution in [0.25, 0.3) is 0 Å². The molecule has 1 heterocycles. The Kier molecular flexibility index (Phi) is 4.78. The molecule has 1 aromatic carbocycles. The monoisotopic (exact) mass is 361 g/mol. The summed E-state index contributed by atoms with van der Waals surface area (Å²) in [5, 5.41) is 10.7. The van der Waals surface area contributed by atoms with E-state index in [-0.39, 0.29) is 36.0 Å². The summed E-state index contributed by atoms with van der Waals surface area (Å²) in [5.41, 5.74) is 0.474. The number of carbonyl (C=O) groups excluding carboxylic acids is 2. The Bertz CT molecular complexity index is 757. The van der Waals surface area contributed by atoms with Gasteiger partial charge in [-0.25, -0.2) is 4.79 Å². The summed E-state index contributed by atoms with van der Waals surface area (Å²) in [6.07, 6.45) is 1.11. The molecular weight excluding hydrogens is 342 g/mol. The molecule has 2 unspecified atom stereocenters. The first-order valence-corrected chi connectivity index (χ1v) is 8.26. The number of nitrogens with zero attached hydrogens (tertiary/aromatic N) is 1. The zero-order valence-electron chi connectivity index (χ0n) is 14.3. The number of nitro groups is 1. The number of rotatable bonds is 5. The van der Waals surface area contributed by atoms with E-state index in [0.717, 1.165) is 5.57 Å². The molecule has 0 radical (unpaired) electrons. The van der Waals surface area contributed by atoms with Crippen molar-refractivity contribution in [1.82, 2.24) is 0 Å². The lowest BCUT2D eigenvalue weighted by molar-refractivity contribution is -0.384. The van der Waals surface area contributed by atoms with Gasteiger partial charge in [-0.2, -0.15) is 0 Å². The van der Waals surface area contributed by atoms with Gasteiger partial charge in [0.1, 0.15) is 24.4 Å². The van der Waals surface area contributed by atoms with Gasteiger partial charge < -0.3 is 14.2 Å². The first-order valence-electron chi connectivity index (χ1n) is 8.26. The van der Waals surface area contributed by atoms with Crippen molar-refractivity contribution in [2.45, 2.75) is 44.0 Å². The Morgan fingerprint density at radius 3 is 2.69 bits per heavy atom. The van der Waals surface area contributed by atoms with Gasteiger partial charge in [0.15, 0.2) is 0 Å². The summed E-state index contributed by atoms with van der Waals surface area (Å²) >= 11 is 0. The quantitative estimate of drug-likeness (QED) is 0.261. The van der Waals surface area contributed by atoms with E-state index in [2.05, 4.69) is 6.58 Å². The SMILES string of the molecule is C=C1CCC(OC(=O)c2ccc([N+](=O)[O-])cc2)CC12O[C@H]2COC(C)=O. The van der Waals surface area contributed by atoms with E-state index in [9.17, 15) is 19.7 Å². The second kappa shape index (κ2) is 6.87. The van der Waals surface area contributed by atoms with Crippen LogP contribution in [0.1, 0.15) is 36.5 Å². The summed E-state index contributed by atoms with van der Waals surface area (Å²) in [6, 6.07) is 5.27. The van der Waals surface area contributed by atoms with Crippen LogP contribution in [0.15, 0.2) is 36.4 Å². The number of non-ortho nitro benzene ring substituents is 1. The van der Waals surface area contributed by atoms with E-state index in [1.807, 2.05) is 0 Å². The second-order valence-corrected chi connectivity index (χ2v) is 6.48. The molecular formula is C18H19NO7. The first-order chi connectivity index (χ1) is 12.3. The van der Waals surface area contributed by atoms with Crippen LogP contribution < -0.4 is 0 Å². The molecule has 26 heavy (non-hydrogen) atoms. The smallest absolute Gasteiger partial charge is 0.338 e. The molecule has 2 fully saturated rings. The molecule has 8 nitrogen and oxygen atoms in total. The lowest BCUT2D eigenvalue weighted by atomic mass is 9.81. The molecule has 3 rings (SSSR count). The highest BCUT2D eigenvalue weighted by molar-refractivity contribution is 5.89. The largest absolute Gasteiger partial charge is 0.463 e. The zero-order chi connectivity index (χ0) is 18.9. The maximum Gasteiger partial charge on any atom is 0.338 e. The van der Waals surface area contributed by atoms with Crippen LogP contribution in [-0.2, 0) is 19.0 Å². The van der Waals surface area contributed by atoms with Gasteiger partial charge in [0.2, 0.25) is 0 Å². The standard InChI is InChI=1S/C18H19NO7/c1-11-3-8-15(9-18(11)16(26-18)10-24-12(2)20)25-17(21)13-4-6-14(7-5-13)19(22)23/h4-7,15-16H,1,3,8-10H2,2H3/t15?,16-,18?/m0/s1. The number of hydrogen-bond acceptors (Lipinski definition) is 7. The van der Waals surface area contributed by atoms with Crippen LogP contribution in [0, 0.1) is 10.1 Å². The van der Waals surface area contributed by atoms with Gasteiger partial charge >= 0.3 is 11.9 Å². The number of nitro benzene ring substituents is 1. The van der Waals surface area contributed by atoms with Crippen LogP contribution in [-0.4, -0.2) is 41.3 Å². The van der Waals surface area contributed by atoms with Gasteiger partial charge in [-0.1, -0.05) is 6.58 Å².